The summed E-state index contributed by atoms with van der Waals surface area (Å²) in [6.45, 7) is 8.50. The molecule has 1 atom stereocenters. The Kier molecular flexibility index (Phi) is 5.65. The van der Waals surface area contributed by atoms with E-state index in [4.69, 9.17) is 4.74 Å². The molecular weight excluding hydrogens is 318 g/mol. The maximum absolute atomic E-state index is 12.9. The monoisotopic (exact) mass is 345 g/mol. The van der Waals surface area contributed by atoms with Crippen LogP contribution in [0.4, 0.5) is 0 Å². The van der Waals surface area contributed by atoms with Crippen molar-refractivity contribution in [2.24, 2.45) is 0 Å². The van der Waals surface area contributed by atoms with Crippen molar-refractivity contribution in [2.45, 2.75) is 39.3 Å². The highest BCUT2D eigenvalue weighted by atomic mass is 16.5. The minimum Gasteiger partial charge on any atom is -0.380 e. The Balaban J connectivity index is 1.79. The van der Waals surface area contributed by atoms with E-state index in [0.717, 1.165) is 44.6 Å². The van der Waals surface area contributed by atoms with Crippen LogP contribution in [0.15, 0.2) is 18.6 Å². The van der Waals surface area contributed by atoms with Crippen LogP contribution < -0.4 is 0 Å². The van der Waals surface area contributed by atoms with Crippen LogP contribution in [0.5, 0.6) is 0 Å². The van der Waals surface area contributed by atoms with Gasteiger partial charge < -0.3 is 9.64 Å². The van der Waals surface area contributed by atoms with Gasteiger partial charge in [-0.3, -0.25) is 9.69 Å². The number of hydrogen-bond acceptors (Lipinski definition) is 5. The van der Waals surface area contributed by atoms with Gasteiger partial charge in [0.05, 0.1) is 12.3 Å². The first-order valence-corrected chi connectivity index (χ1v) is 9.02. The molecule has 1 aliphatic heterocycles. The Labute approximate surface area is 148 Å². The molecule has 1 fully saturated rings. The SMILES string of the molecule is CCN(CC)Cc1cnc2c(C(=O)N3CCCC(OC)C3)cnn2c1. The van der Waals surface area contributed by atoms with E-state index < -0.39 is 0 Å². The molecule has 3 rings (SSSR count). The van der Waals surface area contributed by atoms with Crippen LogP contribution in [-0.4, -0.2) is 69.7 Å². The van der Waals surface area contributed by atoms with Crippen molar-refractivity contribution >= 4 is 11.6 Å². The van der Waals surface area contributed by atoms with Crippen LogP contribution in [-0.2, 0) is 11.3 Å². The zero-order valence-electron chi connectivity index (χ0n) is 15.3. The van der Waals surface area contributed by atoms with Crippen molar-refractivity contribution < 1.29 is 9.53 Å². The number of fused-ring (bicyclic) bond motifs is 1. The lowest BCUT2D eigenvalue weighted by Gasteiger charge is -2.31. The fourth-order valence-electron chi connectivity index (χ4n) is 3.34. The van der Waals surface area contributed by atoms with Crippen molar-refractivity contribution in [2.75, 3.05) is 33.3 Å². The van der Waals surface area contributed by atoms with Crippen molar-refractivity contribution in [3.05, 3.63) is 29.7 Å². The summed E-state index contributed by atoms with van der Waals surface area (Å²) in [4.78, 5) is 21.5. The molecule has 0 saturated carbocycles. The molecule has 136 valence electrons. The summed E-state index contributed by atoms with van der Waals surface area (Å²) in [5, 5.41) is 4.35. The van der Waals surface area contributed by atoms with Crippen molar-refractivity contribution in [1.82, 2.24) is 24.4 Å². The molecular formula is C18H27N5O2. The molecule has 0 bridgehead atoms. The van der Waals surface area contributed by atoms with E-state index in [1.165, 1.54) is 0 Å². The first-order valence-electron chi connectivity index (χ1n) is 9.02. The van der Waals surface area contributed by atoms with Gasteiger partial charge in [0.2, 0.25) is 0 Å². The molecule has 7 heteroatoms. The number of rotatable bonds is 6. The quantitative estimate of drug-likeness (QED) is 0.799. The smallest absolute Gasteiger partial charge is 0.259 e. The Morgan fingerprint density at radius 3 is 2.88 bits per heavy atom. The van der Waals surface area contributed by atoms with Gasteiger partial charge in [-0.05, 0) is 25.9 Å². The van der Waals surface area contributed by atoms with Gasteiger partial charge in [0, 0.05) is 44.7 Å². The third-order valence-corrected chi connectivity index (χ3v) is 4.94. The van der Waals surface area contributed by atoms with Crippen molar-refractivity contribution in [1.29, 1.82) is 0 Å². The topological polar surface area (TPSA) is 63.0 Å². The summed E-state index contributed by atoms with van der Waals surface area (Å²) in [5.74, 6) is -0.0132. The zero-order valence-corrected chi connectivity index (χ0v) is 15.3. The predicted molar refractivity (Wildman–Crippen MR) is 95.5 cm³/mol. The highest BCUT2D eigenvalue weighted by Gasteiger charge is 2.26. The Morgan fingerprint density at radius 2 is 2.16 bits per heavy atom. The van der Waals surface area contributed by atoms with E-state index >= 15 is 0 Å². The van der Waals surface area contributed by atoms with Crippen LogP contribution in [0.3, 0.4) is 0 Å². The second-order valence-electron chi connectivity index (χ2n) is 6.50. The van der Waals surface area contributed by atoms with Crippen LogP contribution in [0.1, 0.15) is 42.6 Å². The molecule has 2 aromatic heterocycles. The number of piperidine rings is 1. The summed E-state index contributed by atoms with van der Waals surface area (Å²) in [5.41, 5.74) is 2.27. The van der Waals surface area contributed by atoms with E-state index in [9.17, 15) is 4.79 Å². The largest absolute Gasteiger partial charge is 0.380 e. The third-order valence-electron chi connectivity index (χ3n) is 4.94. The molecule has 0 radical (unpaired) electrons. The van der Waals surface area contributed by atoms with Gasteiger partial charge >= 0.3 is 0 Å². The van der Waals surface area contributed by atoms with E-state index in [1.54, 1.807) is 17.8 Å². The minimum atomic E-state index is -0.0132. The standard InChI is InChI=1S/C18H27N5O2/c1-4-21(5-2)11-14-9-19-17-16(10-20-23(17)12-14)18(24)22-8-6-7-15(13-22)25-3/h9-10,12,15H,4-8,11,13H2,1-3H3. The molecule has 1 aliphatic rings. The second kappa shape index (κ2) is 7.93. The minimum absolute atomic E-state index is 0.0132. The van der Waals surface area contributed by atoms with Crippen LogP contribution in [0, 0.1) is 0 Å². The summed E-state index contributed by atoms with van der Waals surface area (Å²) in [6, 6.07) is 0. The molecule has 0 spiro atoms. The van der Waals surface area contributed by atoms with Crippen molar-refractivity contribution in [3.8, 4) is 0 Å². The molecule has 25 heavy (non-hydrogen) atoms. The first-order chi connectivity index (χ1) is 12.2. The molecule has 7 nitrogen and oxygen atoms in total. The van der Waals surface area contributed by atoms with E-state index in [2.05, 4.69) is 28.8 Å². The number of carbonyl (C=O) groups is 1. The average Bonchev–Trinajstić information content (AvgIpc) is 3.08. The number of likely N-dealkylation sites (tertiary alicyclic amines) is 1. The molecule has 1 saturated heterocycles. The highest BCUT2D eigenvalue weighted by Crippen LogP contribution is 2.18. The summed E-state index contributed by atoms with van der Waals surface area (Å²) in [6.07, 6.45) is 7.52. The maximum atomic E-state index is 12.9. The average molecular weight is 345 g/mol. The van der Waals surface area contributed by atoms with Crippen LogP contribution >= 0.6 is 0 Å². The Hall–Kier alpha value is -1.99. The third kappa shape index (κ3) is 3.82. The Bertz CT molecular complexity index is 725. The normalized spacial score (nSPS) is 18.2. The number of methoxy groups -OCH3 is 1. The maximum Gasteiger partial charge on any atom is 0.259 e. The first kappa shape index (κ1) is 17.8. The second-order valence-corrected chi connectivity index (χ2v) is 6.50. The van der Waals surface area contributed by atoms with E-state index in [1.807, 2.05) is 17.3 Å². The number of aromatic nitrogens is 3. The van der Waals surface area contributed by atoms with Crippen molar-refractivity contribution in [3.63, 3.8) is 0 Å². The highest BCUT2D eigenvalue weighted by molar-refractivity contribution is 5.99. The van der Waals surface area contributed by atoms with E-state index in [-0.39, 0.29) is 12.0 Å². The van der Waals surface area contributed by atoms with Gasteiger partial charge in [-0.25, -0.2) is 9.50 Å². The lowest BCUT2D eigenvalue weighted by Crippen LogP contribution is -2.42. The van der Waals surface area contributed by atoms with Gasteiger partial charge in [0.25, 0.3) is 5.91 Å². The van der Waals surface area contributed by atoms with Gasteiger partial charge in [0.1, 0.15) is 5.56 Å². The number of ether oxygens (including phenoxy) is 1. The molecule has 3 heterocycles. The summed E-state index contributed by atoms with van der Waals surface area (Å²) >= 11 is 0. The zero-order chi connectivity index (χ0) is 17.8. The lowest BCUT2D eigenvalue weighted by molar-refractivity contribution is 0.0270. The fraction of sp³-hybridized carbons (Fsp3) is 0.611. The van der Waals surface area contributed by atoms with E-state index in [0.29, 0.717) is 17.8 Å². The van der Waals surface area contributed by atoms with Crippen LogP contribution in [0.2, 0.25) is 0 Å². The summed E-state index contributed by atoms with van der Waals surface area (Å²) in [7, 11) is 1.70. The number of carbonyl (C=O) groups excluding carboxylic acids is 1. The number of nitrogens with zero attached hydrogens (tertiary/aromatic N) is 5. The van der Waals surface area contributed by atoms with Crippen LogP contribution in [0.25, 0.3) is 5.65 Å². The fourth-order valence-corrected chi connectivity index (χ4v) is 3.34. The van der Waals surface area contributed by atoms with Gasteiger partial charge in [-0.1, -0.05) is 13.8 Å². The Morgan fingerprint density at radius 1 is 1.36 bits per heavy atom. The molecule has 2 aromatic rings. The lowest BCUT2D eigenvalue weighted by atomic mass is 10.1. The molecule has 0 aliphatic carbocycles. The predicted octanol–water partition coefficient (Wildman–Crippen LogP) is 1.82. The molecule has 1 unspecified atom stereocenters. The van der Waals surface area contributed by atoms with Gasteiger partial charge in [-0.2, -0.15) is 5.10 Å². The van der Waals surface area contributed by atoms with Gasteiger partial charge in [-0.15, -0.1) is 0 Å². The number of amides is 1. The number of hydrogen-bond donors (Lipinski definition) is 0. The molecule has 0 aromatic carbocycles. The molecule has 1 amide bonds. The summed E-state index contributed by atoms with van der Waals surface area (Å²) < 4.78 is 7.13. The molecule has 0 N–H and O–H groups in total. The van der Waals surface area contributed by atoms with Gasteiger partial charge in [0.15, 0.2) is 5.65 Å².